The SMILES string of the molecule is CC(C)c1cccc([C]2CC2)c1. The van der Waals surface area contributed by atoms with E-state index in [9.17, 15) is 0 Å². The van der Waals surface area contributed by atoms with Crippen LogP contribution in [0.4, 0.5) is 0 Å². The van der Waals surface area contributed by atoms with Gasteiger partial charge in [-0.3, -0.25) is 0 Å². The number of rotatable bonds is 2. The summed E-state index contributed by atoms with van der Waals surface area (Å²) in [6.45, 7) is 4.49. The van der Waals surface area contributed by atoms with E-state index in [1.807, 2.05) is 0 Å². The fourth-order valence-electron chi connectivity index (χ4n) is 1.47. The Morgan fingerprint density at radius 1 is 1.17 bits per heavy atom. The second kappa shape index (κ2) is 2.93. The predicted octanol–water partition coefficient (Wildman–Crippen LogP) is 3.53. The molecule has 1 saturated carbocycles. The predicted molar refractivity (Wildman–Crippen MR) is 52.1 cm³/mol. The molecule has 63 valence electrons. The minimum atomic E-state index is 0.657. The van der Waals surface area contributed by atoms with Crippen LogP contribution in [0.15, 0.2) is 24.3 Å². The highest BCUT2D eigenvalue weighted by Gasteiger charge is 2.24. The summed E-state index contributed by atoms with van der Waals surface area (Å²) in [5.74, 6) is 2.29. The molecular formula is C12H15. The van der Waals surface area contributed by atoms with Crippen molar-refractivity contribution in [3.8, 4) is 0 Å². The van der Waals surface area contributed by atoms with Crippen LogP contribution in [-0.2, 0) is 0 Å². The summed E-state index contributed by atoms with van der Waals surface area (Å²) in [7, 11) is 0. The lowest BCUT2D eigenvalue weighted by Gasteiger charge is -2.06. The van der Waals surface area contributed by atoms with Crippen molar-refractivity contribution in [3.63, 3.8) is 0 Å². The van der Waals surface area contributed by atoms with Gasteiger partial charge in [-0.2, -0.15) is 0 Å². The second-order valence-corrected chi connectivity index (χ2v) is 3.88. The molecule has 1 radical (unpaired) electrons. The molecule has 1 aliphatic rings. The second-order valence-electron chi connectivity index (χ2n) is 3.88. The van der Waals surface area contributed by atoms with Gasteiger partial charge >= 0.3 is 0 Å². The van der Waals surface area contributed by atoms with Crippen LogP contribution in [0.5, 0.6) is 0 Å². The summed E-state index contributed by atoms with van der Waals surface area (Å²) >= 11 is 0. The van der Waals surface area contributed by atoms with Gasteiger partial charge in [0.25, 0.3) is 0 Å². The van der Waals surface area contributed by atoms with Crippen LogP contribution in [0.25, 0.3) is 0 Å². The Bertz CT molecular complexity index is 252. The maximum absolute atomic E-state index is 2.34. The van der Waals surface area contributed by atoms with Crippen LogP contribution in [0.1, 0.15) is 43.7 Å². The summed E-state index contributed by atoms with van der Waals surface area (Å²) in [5.41, 5.74) is 2.94. The van der Waals surface area contributed by atoms with E-state index in [-0.39, 0.29) is 0 Å². The summed E-state index contributed by atoms with van der Waals surface area (Å²) in [6, 6.07) is 8.97. The van der Waals surface area contributed by atoms with Gasteiger partial charge in [0.15, 0.2) is 0 Å². The van der Waals surface area contributed by atoms with Crippen LogP contribution in [0.2, 0.25) is 0 Å². The Labute approximate surface area is 74.6 Å². The first-order valence-electron chi connectivity index (χ1n) is 4.72. The monoisotopic (exact) mass is 159 g/mol. The average Bonchev–Trinajstić information content (AvgIpc) is 2.87. The summed E-state index contributed by atoms with van der Waals surface area (Å²) in [5, 5.41) is 0. The Balaban J connectivity index is 2.26. The molecule has 0 N–H and O–H groups in total. The fraction of sp³-hybridized carbons (Fsp3) is 0.417. The van der Waals surface area contributed by atoms with Gasteiger partial charge in [-0.05, 0) is 29.9 Å². The van der Waals surface area contributed by atoms with Crippen molar-refractivity contribution in [2.75, 3.05) is 0 Å². The molecule has 0 unspecified atom stereocenters. The lowest BCUT2D eigenvalue weighted by molar-refractivity contribution is 0.865. The van der Waals surface area contributed by atoms with E-state index in [1.54, 1.807) is 5.92 Å². The third-order valence-corrected chi connectivity index (χ3v) is 2.46. The summed E-state index contributed by atoms with van der Waals surface area (Å²) in [6.07, 6.45) is 2.64. The van der Waals surface area contributed by atoms with Gasteiger partial charge in [0.05, 0.1) is 0 Å². The van der Waals surface area contributed by atoms with Crippen molar-refractivity contribution in [2.24, 2.45) is 0 Å². The van der Waals surface area contributed by atoms with Crippen LogP contribution in [0.3, 0.4) is 0 Å². The van der Waals surface area contributed by atoms with Crippen molar-refractivity contribution < 1.29 is 0 Å². The highest BCUT2D eigenvalue weighted by Crippen LogP contribution is 2.39. The molecule has 0 heteroatoms. The zero-order valence-electron chi connectivity index (χ0n) is 7.80. The first kappa shape index (κ1) is 7.85. The van der Waals surface area contributed by atoms with Gasteiger partial charge in [0, 0.05) is 5.92 Å². The summed E-state index contributed by atoms with van der Waals surface area (Å²) in [4.78, 5) is 0. The smallest absolute Gasteiger partial charge is 0.00505 e. The summed E-state index contributed by atoms with van der Waals surface area (Å²) < 4.78 is 0. The molecule has 0 amide bonds. The third-order valence-electron chi connectivity index (χ3n) is 2.46. The van der Waals surface area contributed by atoms with Crippen LogP contribution >= 0.6 is 0 Å². The third kappa shape index (κ3) is 1.52. The van der Waals surface area contributed by atoms with Crippen molar-refractivity contribution >= 4 is 0 Å². The normalized spacial score (nSPS) is 16.9. The van der Waals surface area contributed by atoms with Crippen molar-refractivity contribution in [1.29, 1.82) is 0 Å². The van der Waals surface area contributed by atoms with Gasteiger partial charge < -0.3 is 0 Å². The minimum Gasteiger partial charge on any atom is -0.0617 e. The molecule has 1 aliphatic carbocycles. The Hall–Kier alpha value is -0.780. The van der Waals surface area contributed by atoms with Gasteiger partial charge in [-0.25, -0.2) is 0 Å². The van der Waals surface area contributed by atoms with E-state index >= 15 is 0 Å². The highest BCUT2D eigenvalue weighted by molar-refractivity contribution is 5.40. The van der Waals surface area contributed by atoms with E-state index in [0.717, 1.165) is 0 Å². The molecule has 1 aromatic rings. The van der Waals surface area contributed by atoms with Gasteiger partial charge in [-0.15, -0.1) is 0 Å². The number of benzene rings is 1. The zero-order chi connectivity index (χ0) is 8.55. The van der Waals surface area contributed by atoms with E-state index < -0.39 is 0 Å². The highest BCUT2D eigenvalue weighted by atomic mass is 14.3. The largest absolute Gasteiger partial charge is 0.0617 e. The Morgan fingerprint density at radius 2 is 1.92 bits per heavy atom. The molecule has 12 heavy (non-hydrogen) atoms. The molecule has 0 atom stereocenters. The first-order valence-corrected chi connectivity index (χ1v) is 4.72. The minimum absolute atomic E-state index is 0.657. The van der Waals surface area contributed by atoms with Crippen molar-refractivity contribution in [3.05, 3.63) is 41.3 Å². The Morgan fingerprint density at radius 3 is 2.50 bits per heavy atom. The molecule has 0 bridgehead atoms. The standard InChI is InChI=1S/C12H15/c1-9(2)11-4-3-5-12(8-11)10-6-7-10/h3-5,8-9H,6-7H2,1-2H3. The van der Waals surface area contributed by atoms with E-state index in [4.69, 9.17) is 0 Å². The van der Waals surface area contributed by atoms with Crippen molar-refractivity contribution in [1.82, 2.24) is 0 Å². The van der Waals surface area contributed by atoms with E-state index in [1.165, 1.54) is 24.0 Å². The Kier molecular flexibility index (Phi) is 1.92. The topological polar surface area (TPSA) is 0 Å². The molecule has 0 saturated heterocycles. The average molecular weight is 159 g/mol. The van der Waals surface area contributed by atoms with Gasteiger partial charge in [0.1, 0.15) is 0 Å². The lowest BCUT2D eigenvalue weighted by Crippen LogP contribution is -1.88. The first-order chi connectivity index (χ1) is 5.77. The lowest BCUT2D eigenvalue weighted by atomic mass is 9.99. The molecule has 0 nitrogen and oxygen atoms in total. The van der Waals surface area contributed by atoms with E-state index in [0.29, 0.717) is 5.92 Å². The molecule has 0 aromatic heterocycles. The maximum Gasteiger partial charge on any atom is 0.00505 e. The number of hydrogen-bond acceptors (Lipinski definition) is 0. The quantitative estimate of drug-likeness (QED) is 0.619. The molecule has 1 aromatic carbocycles. The molecule has 1 fully saturated rings. The van der Waals surface area contributed by atoms with Gasteiger partial charge in [0.2, 0.25) is 0 Å². The van der Waals surface area contributed by atoms with E-state index in [2.05, 4.69) is 38.1 Å². The maximum atomic E-state index is 2.34. The number of hydrogen-bond donors (Lipinski definition) is 0. The zero-order valence-corrected chi connectivity index (χ0v) is 7.80. The molecule has 0 aliphatic heterocycles. The molecule has 0 spiro atoms. The molecule has 0 heterocycles. The van der Waals surface area contributed by atoms with Crippen LogP contribution < -0.4 is 0 Å². The molecular weight excluding hydrogens is 144 g/mol. The van der Waals surface area contributed by atoms with Crippen LogP contribution in [-0.4, -0.2) is 0 Å². The van der Waals surface area contributed by atoms with Crippen molar-refractivity contribution in [2.45, 2.75) is 32.6 Å². The fourth-order valence-corrected chi connectivity index (χ4v) is 1.47. The molecule has 2 rings (SSSR count). The van der Waals surface area contributed by atoms with Gasteiger partial charge in [-0.1, -0.05) is 38.1 Å². The van der Waals surface area contributed by atoms with Crippen LogP contribution in [0, 0.1) is 5.92 Å².